The van der Waals surface area contributed by atoms with E-state index < -0.39 is 11.9 Å². The first kappa shape index (κ1) is 19.9. The van der Waals surface area contributed by atoms with Gasteiger partial charge < -0.3 is 25.5 Å². The number of amides is 1. The van der Waals surface area contributed by atoms with E-state index in [1.54, 1.807) is 18.2 Å². The van der Waals surface area contributed by atoms with Crippen LogP contribution in [0.25, 0.3) is 16.5 Å². The van der Waals surface area contributed by atoms with Gasteiger partial charge in [-0.25, -0.2) is 14.8 Å². The van der Waals surface area contributed by atoms with Crippen LogP contribution in [0.2, 0.25) is 5.02 Å². The monoisotopic (exact) mass is 427 g/mol. The van der Waals surface area contributed by atoms with E-state index in [1.165, 1.54) is 18.5 Å². The normalized spacial score (nSPS) is 14.4. The van der Waals surface area contributed by atoms with Crippen molar-refractivity contribution in [2.75, 3.05) is 13.1 Å². The number of nitrogens with two attached hydrogens (primary N) is 1. The number of furan rings is 1. The molecule has 0 unspecified atom stereocenters. The van der Waals surface area contributed by atoms with Gasteiger partial charge in [-0.3, -0.25) is 4.79 Å². The highest BCUT2D eigenvalue weighted by Gasteiger charge is 2.25. The van der Waals surface area contributed by atoms with Gasteiger partial charge in [0.05, 0.1) is 12.1 Å². The predicted octanol–water partition coefficient (Wildman–Crippen LogP) is 1.62. The standard InChI is InChI=1S/C20H18ClN5O4/c21-12-4-11-5-13(10-26-19(27)16(7-22)18-24-2-1-3-25-18)29-17(11)15(6-12)20(28)30-14-8-23-9-14/h1-7,14,23H,8-10,22H2,(H,26,27)/b16-7+. The summed E-state index contributed by atoms with van der Waals surface area (Å²) in [5, 5.41) is 6.75. The van der Waals surface area contributed by atoms with Gasteiger partial charge in [0.1, 0.15) is 23.0 Å². The Kier molecular flexibility index (Phi) is 5.64. The van der Waals surface area contributed by atoms with Crippen molar-refractivity contribution in [3.8, 4) is 0 Å². The third kappa shape index (κ3) is 4.12. The summed E-state index contributed by atoms with van der Waals surface area (Å²) in [6.07, 6.45) is 4.01. The first-order valence-electron chi connectivity index (χ1n) is 9.16. The van der Waals surface area contributed by atoms with Gasteiger partial charge in [0.2, 0.25) is 0 Å². The Labute approximate surface area is 176 Å². The maximum absolute atomic E-state index is 12.5. The number of benzene rings is 1. The molecule has 0 aliphatic carbocycles. The lowest BCUT2D eigenvalue weighted by molar-refractivity contribution is -0.115. The van der Waals surface area contributed by atoms with E-state index in [2.05, 4.69) is 20.6 Å². The fraction of sp³-hybridized carbons (Fsp3) is 0.200. The number of esters is 1. The maximum Gasteiger partial charge on any atom is 0.342 e. The van der Waals surface area contributed by atoms with E-state index in [4.69, 9.17) is 26.5 Å². The topological polar surface area (TPSA) is 132 Å². The van der Waals surface area contributed by atoms with Crippen LogP contribution in [0.15, 0.2) is 47.3 Å². The lowest BCUT2D eigenvalue weighted by Gasteiger charge is -2.26. The van der Waals surface area contributed by atoms with Crippen molar-refractivity contribution in [2.45, 2.75) is 12.6 Å². The van der Waals surface area contributed by atoms with Gasteiger partial charge >= 0.3 is 5.97 Å². The lowest BCUT2D eigenvalue weighted by Crippen LogP contribution is -2.49. The highest BCUT2D eigenvalue weighted by Crippen LogP contribution is 2.28. The highest BCUT2D eigenvalue weighted by atomic mass is 35.5. The molecular weight excluding hydrogens is 410 g/mol. The third-order valence-corrected chi connectivity index (χ3v) is 4.73. The Balaban J connectivity index is 1.51. The Bertz CT molecular complexity index is 1120. The number of halogens is 1. The average molecular weight is 428 g/mol. The third-order valence-electron chi connectivity index (χ3n) is 4.51. The van der Waals surface area contributed by atoms with Gasteiger partial charge in [0.15, 0.2) is 5.82 Å². The minimum absolute atomic E-state index is 0.0658. The van der Waals surface area contributed by atoms with E-state index in [0.29, 0.717) is 34.8 Å². The number of nitrogens with zero attached hydrogens (tertiary/aromatic N) is 2. The molecule has 2 aromatic heterocycles. The SMILES string of the molecule is N/C=C(/C(=O)NCc1cc2cc(Cl)cc(C(=O)OC3CNC3)c2o1)c1ncccn1. The second kappa shape index (κ2) is 8.52. The first-order chi connectivity index (χ1) is 14.5. The number of ether oxygens (including phenoxy) is 1. The molecule has 10 heteroatoms. The highest BCUT2D eigenvalue weighted by molar-refractivity contribution is 6.32. The molecule has 4 N–H and O–H groups in total. The molecule has 1 aliphatic heterocycles. The summed E-state index contributed by atoms with van der Waals surface area (Å²) in [4.78, 5) is 33.0. The van der Waals surface area contributed by atoms with Crippen molar-refractivity contribution < 1.29 is 18.7 Å². The summed E-state index contributed by atoms with van der Waals surface area (Å²) in [7, 11) is 0. The molecule has 4 rings (SSSR count). The minimum atomic E-state index is -0.506. The van der Waals surface area contributed by atoms with Gasteiger partial charge in [0, 0.05) is 42.1 Å². The summed E-state index contributed by atoms with van der Waals surface area (Å²) in [5.41, 5.74) is 6.28. The summed E-state index contributed by atoms with van der Waals surface area (Å²) >= 11 is 6.15. The van der Waals surface area contributed by atoms with Crippen molar-refractivity contribution in [3.05, 3.63) is 65.0 Å². The number of rotatable bonds is 6. The first-order valence-corrected chi connectivity index (χ1v) is 9.54. The van der Waals surface area contributed by atoms with E-state index in [0.717, 1.165) is 6.20 Å². The van der Waals surface area contributed by atoms with Crippen LogP contribution in [-0.4, -0.2) is 41.0 Å². The molecule has 0 atom stereocenters. The van der Waals surface area contributed by atoms with Crippen LogP contribution in [0, 0.1) is 0 Å². The Morgan fingerprint density at radius 3 is 2.73 bits per heavy atom. The van der Waals surface area contributed by atoms with Gasteiger partial charge in [-0.1, -0.05) is 11.6 Å². The Hall–Kier alpha value is -3.43. The summed E-state index contributed by atoms with van der Waals surface area (Å²) in [6, 6.07) is 6.52. The minimum Gasteiger partial charge on any atom is -0.458 e. The van der Waals surface area contributed by atoms with Crippen molar-refractivity contribution in [1.29, 1.82) is 0 Å². The molecule has 0 bridgehead atoms. The smallest absolute Gasteiger partial charge is 0.342 e. The molecule has 1 amide bonds. The molecule has 1 saturated heterocycles. The summed E-state index contributed by atoms with van der Waals surface area (Å²) < 4.78 is 11.2. The van der Waals surface area contributed by atoms with E-state index in [9.17, 15) is 9.59 Å². The molecule has 9 nitrogen and oxygen atoms in total. The lowest BCUT2D eigenvalue weighted by atomic mass is 10.1. The number of carbonyl (C=O) groups is 2. The van der Waals surface area contributed by atoms with Crippen LogP contribution in [-0.2, 0) is 16.1 Å². The van der Waals surface area contributed by atoms with Gasteiger partial charge in [-0.05, 0) is 24.3 Å². The van der Waals surface area contributed by atoms with Crippen molar-refractivity contribution in [2.24, 2.45) is 5.73 Å². The predicted molar refractivity (Wildman–Crippen MR) is 109 cm³/mol. The number of hydrogen-bond acceptors (Lipinski definition) is 8. The van der Waals surface area contributed by atoms with Crippen LogP contribution in [0.1, 0.15) is 21.9 Å². The zero-order valence-electron chi connectivity index (χ0n) is 15.7. The van der Waals surface area contributed by atoms with Crippen molar-refractivity contribution in [3.63, 3.8) is 0 Å². The fourth-order valence-electron chi connectivity index (χ4n) is 2.92. The van der Waals surface area contributed by atoms with Crippen LogP contribution < -0.4 is 16.4 Å². The number of carbonyl (C=O) groups excluding carboxylic acids is 2. The van der Waals surface area contributed by atoms with Gasteiger partial charge in [-0.15, -0.1) is 0 Å². The van der Waals surface area contributed by atoms with E-state index in [1.807, 2.05) is 0 Å². The van der Waals surface area contributed by atoms with Crippen LogP contribution >= 0.6 is 11.6 Å². The molecule has 30 heavy (non-hydrogen) atoms. The molecule has 154 valence electrons. The molecular formula is C20H18ClN5O4. The number of aromatic nitrogens is 2. The summed E-state index contributed by atoms with van der Waals surface area (Å²) in [6.45, 7) is 1.30. The molecule has 3 heterocycles. The Morgan fingerprint density at radius 2 is 2.07 bits per heavy atom. The largest absolute Gasteiger partial charge is 0.458 e. The second-order valence-corrected chi connectivity index (χ2v) is 7.04. The van der Waals surface area contributed by atoms with Crippen LogP contribution in [0.4, 0.5) is 0 Å². The second-order valence-electron chi connectivity index (χ2n) is 6.61. The van der Waals surface area contributed by atoms with Gasteiger partial charge in [0.25, 0.3) is 5.91 Å². The fourth-order valence-corrected chi connectivity index (χ4v) is 3.15. The molecule has 1 aliphatic rings. The molecule has 1 fully saturated rings. The molecule has 1 aromatic carbocycles. The summed E-state index contributed by atoms with van der Waals surface area (Å²) in [5.74, 6) is -0.317. The maximum atomic E-state index is 12.5. The van der Waals surface area contributed by atoms with Crippen LogP contribution in [0.5, 0.6) is 0 Å². The molecule has 0 radical (unpaired) electrons. The number of fused-ring (bicyclic) bond motifs is 1. The van der Waals surface area contributed by atoms with Crippen molar-refractivity contribution in [1.82, 2.24) is 20.6 Å². The number of nitrogens with one attached hydrogen (secondary N) is 2. The zero-order valence-corrected chi connectivity index (χ0v) is 16.5. The molecule has 0 spiro atoms. The quantitative estimate of drug-likeness (QED) is 0.399. The molecule has 0 saturated carbocycles. The molecule has 3 aromatic rings. The average Bonchev–Trinajstić information content (AvgIpc) is 3.12. The van der Waals surface area contributed by atoms with Crippen molar-refractivity contribution >= 4 is 40.0 Å². The zero-order chi connectivity index (χ0) is 21.1. The Morgan fingerprint density at radius 1 is 1.30 bits per heavy atom. The number of hydrogen-bond donors (Lipinski definition) is 3. The van der Waals surface area contributed by atoms with Crippen LogP contribution in [0.3, 0.4) is 0 Å². The van der Waals surface area contributed by atoms with Gasteiger partial charge in [-0.2, -0.15) is 0 Å². The van der Waals surface area contributed by atoms with E-state index in [-0.39, 0.29) is 29.6 Å². The van der Waals surface area contributed by atoms with E-state index >= 15 is 0 Å².